The quantitative estimate of drug-likeness (QED) is 0.102. The van der Waals surface area contributed by atoms with Crippen molar-refractivity contribution in [2.45, 2.75) is 152 Å². The average Bonchev–Trinajstić information content (AvgIpc) is 2.95. The van der Waals surface area contributed by atoms with Crippen molar-refractivity contribution >= 4 is 29.7 Å². The van der Waals surface area contributed by atoms with Crippen molar-refractivity contribution in [3.05, 3.63) is 29.8 Å². The predicted molar refractivity (Wildman–Crippen MR) is 222 cm³/mol. The van der Waals surface area contributed by atoms with Crippen LogP contribution in [0.4, 0.5) is 0 Å². The minimum Gasteiger partial charge on any atom is -0.494 e. The van der Waals surface area contributed by atoms with Crippen LogP contribution in [-0.4, -0.2) is 132 Å². The van der Waals surface area contributed by atoms with E-state index in [2.05, 4.69) is 0 Å². The molecule has 0 amide bonds. The van der Waals surface area contributed by atoms with Gasteiger partial charge < -0.3 is 23.7 Å². The highest BCUT2D eigenvalue weighted by Crippen LogP contribution is 2.21. The lowest BCUT2D eigenvalue weighted by atomic mass is 9.90. The molecule has 326 valence electrons. The standard InChI is InChI=1S/C44H75N3O10/c1-17-53-35-20-18-32(19-21-35)24-33(47(30-38(51)56-43(11,12)13)31-39(52)57-44(14,15)16)26-45(27-34(48)25-40(2,3)4)22-23-46(28-36(49)54-41(5,6)7)29-37(50)55-42(8,9)10/h18-21,33H,17,22-31H2,1-16H3/t33-/m0/s1. The summed E-state index contributed by atoms with van der Waals surface area (Å²) in [5.74, 6) is -1.33. The van der Waals surface area contributed by atoms with Gasteiger partial charge in [-0.05, 0) is 120 Å². The molecule has 0 aromatic heterocycles. The van der Waals surface area contributed by atoms with Gasteiger partial charge in [0.1, 0.15) is 33.9 Å². The van der Waals surface area contributed by atoms with Crippen molar-refractivity contribution in [1.82, 2.24) is 14.7 Å². The number of nitrogens with zero attached hydrogens (tertiary/aromatic N) is 3. The Morgan fingerprint density at radius 3 is 1.30 bits per heavy atom. The van der Waals surface area contributed by atoms with Crippen molar-refractivity contribution in [3.63, 3.8) is 0 Å². The molecule has 0 heterocycles. The number of carbonyl (C=O) groups is 5. The summed E-state index contributed by atoms with van der Waals surface area (Å²) in [6.45, 7) is 29.7. The Morgan fingerprint density at radius 2 is 0.930 bits per heavy atom. The van der Waals surface area contributed by atoms with Crippen LogP contribution in [-0.2, 0) is 49.3 Å². The highest BCUT2D eigenvalue weighted by molar-refractivity contribution is 5.81. The van der Waals surface area contributed by atoms with Crippen LogP contribution in [0.25, 0.3) is 0 Å². The SMILES string of the molecule is CCOc1ccc(C[C@@H](CN(CCN(CC(=O)OC(C)(C)C)CC(=O)OC(C)(C)C)CC(=O)CC(C)(C)C)N(CC(=O)OC(C)(C)C)CC(=O)OC(C)(C)C)cc1. The lowest BCUT2D eigenvalue weighted by Crippen LogP contribution is -2.52. The number of esters is 4. The molecule has 0 saturated carbocycles. The van der Waals surface area contributed by atoms with Gasteiger partial charge in [0.25, 0.3) is 0 Å². The molecule has 13 heteroatoms. The summed E-state index contributed by atoms with van der Waals surface area (Å²) in [5.41, 5.74) is -2.37. The molecule has 0 saturated heterocycles. The maximum absolute atomic E-state index is 13.7. The van der Waals surface area contributed by atoms with E-state index in [1.165, 1.54) is 0 Å². The molecule has 1 rings (SSSR count). The molecular weight excluding hydrogens is 730 g/mol. The summed E-state index contributed by atoms with van der Waals surface area (Å²) in [7, 11) is 0. The summed E-state index contributed by atoms with van der Waals surface area (Å²) in [6.07, 6.45) is 0.702. The molecule has 0 aliphatic rings. The van der Waals surface area contributed by atoms with Gasteiger partial charge in [0.15, 0.2) is 0 Å². The fraction of sp³-hybridized carbons (Fsp3) is 0.750. The number of ketones is 1. The Kier molecular flexibility index (Phi) is 19.9. The van der Waals surface area contributed by atoms with Gasteiger partial charge in [-0.25, -0.2) is 0 Å². The number of benzene rings is 1. The van der Waals surface area contributed by atoms with Gasteiger partial charge in [0.2, 0.25) is 0 Å². The molecule has 0 aliphatic carbocycles. The van der Waals surface area contributed by atoms with Crippen LogP contribution in [0.15, 0.2) is 24.3 Å². The first kappa shape index (κ1) is 51.5. The number of hydrogen-bond acceptors (Lipinski definition) is 13. The zero-order valence-corrected chi connectivity index (χ0v) is 38.1. The zero-order valence-electron chi connectivity index (χ0n) is 38.1. The molecule has 0 spiro atoms. The Labute approximate surface area is 343 Å². The van der Waals surface area contributed by atoms with Gasteiger partial charge in [-0.3, -0.25) is 38.7 Å². The normalized spacial score (nSPS) is 13.4. The largest absolute Gasteiger partial charge is 0.494 e. The Hall–Kier alpha value is -3.55. The summed E-state index contributed by atoms with van der Waals surface area (Å²) in [5, 5.41) is 0. The second kappa shape index (κ2) is 22.0. The monoisotopic (exact) mass is 806 g/mol. The van der Waals surface area contributed by atoms with E-state index in [1.54, 1.807) is 92.9 Å². The number of ether oxygens (including phenoxy) is 5. The molecule has 1 aromatic rings. The van der Waals surface area contributed by atoms with Crippen molar-refractivity contribution < 1.29 is 47.7 Å². The van der Waals surface area contributed by atoms with Crippen molar-refractivity contribution in [2.24, 2.45) is 5.41 Å². The van der Waals surface area contributed by atoms with Crippen molar-refractivity contribution in [1.29, 1.82) is 0 Å². The van der Waals surface area contributed by atoms with Crippen molar-refractivity contribution in [3.8, 4) is 5.75 Å². The summed E-state index contributed by atoms with van der Waals surface area (Å²) < 4.78 is 28.3. The van der Waals surface area contributed by atoms with Crippen LogP contribution >= 0.6 is 0 Å². The number of hydrogen-bond donors (Lipinski definition) is 0. The highest BCUT2D eigenvalue weighted by Gasteiger charge is 2.32. The van der Waals surface area contributed by atoms with E-state index in [1.807, 2.05) is 56.9 Å². The third-order valence-electron chi connectivity index (χ3n) is 7.60. The zero-order chi connectivity index (χ0) is 44.0. The van der Waals surface area contributed by atoms with Crippen LogP contribution < -0.4 is 4.74 Å². The molecule has 57 heavy (non-hydrogen) atoms. The molecule has 0 radical (unpaired) electrons. The smallest absolute Gasteiger partial charge is 0.320 e. The predicted octanol–water partition coefficient (Wildman–Crippen LogP) is 6.27. The van der Waals surface area contributed by atoms with Crippen LogP contribution in [0.3, 0.4) is 0 Å². The Balaban J connectivity index is 3.76. The molecule has 0 N–H and O–H groups in total. The third kappa shape index (κ3) is 26.1. The van der Waals surface area contributed by atoms with Crippen LogP contribution in [0.1, 0.15) is 123 Å². The minimum atomic E-state index is -0.767. The second-order valence-electron chi connectivity index (χ2n) is 19.9. The lowest BCUT2D eigenvalue weighted by molar-refractivity contribution is -0.162. The Morgan fingerprint density at radius 1 is 0.544 bits per heavy atom. The average molecular weight is 806 g/mol. The molecular formula is C44H75N3O10. The first-order chi connectivity index (χ1) is 25.8. The van der Waals surface area contributed by atoms with Crippen LogP contribution in [0.2, 0.25) is 0 Å². The number of rotatable bonds is 21. The van der Waals surface area contributed by atoms with E-state index in [0.29, 0.717) is 25.2 Å². The minimum absolute atomic E-state index is 0.000938. The lowest BCUT2D eigenvalue weighted by Gasteiger charge is -2.36. The van der Waals surface area contributed by atoms with Gasteiger partial charge in [0.05, 0.1) is 39.3 Å². The van der Waals surface area contributed by atoms with E-state index >= 15 is 0 Å². The van der Waals surface area contributed by atoms with Gasteiger partial charge in [-0.1, -0.05) is 32.9 Å². The highest BCUT2D eigenvalue weighted by atomic mass is 16.6. The summed E-state index contributed by atoms with van der Waals surface area (Å²) in [6, 6.07) is 7.12. The second-order valence-corrected chi connectivity index (χ2v) is 19.9. The van der Waals surface area contributed by atoms with E-state index in [0.717, 1.165) is 5.56 Å². The maximum atomic E-state index is 13.7. The van der Waals surface area contributed by atoms with Gasteiger partial charge >= 0.3 is 23.9 Å². The number of carbonyl (C=O) groups excluding carboxylic acids is 5. The van der Waals surface area contributed by atoms with Crippen LogP contribution in [0.5, 0.6) is 5.75 Å². The molecule has 0 bridgehead atoms. The third-order valence-corrected chi connectivity index (χ3v) is 7.60. The van der Waals surface area contributed by atoms with E-state index in [4.69, 9.17) is 23.7 Å². The Bertz CT molecular complexity index is 1380. The summed E-state index contributed by atoms with van der Waals surface area (Å²) >= 11 is 0. The molecule has 1 atom stereocenters. The first-order valence-electron chi connectivity index (χ1n) is 20.1. The molecule has 0 fully saturated rings. The molecule has 0 unspecified atom stereocenters. The van der Waals surface area contributed by atoms with E-state index < -0.39 is 52.3 Å². The van der Waals surface area contributed by atoms with Crippen LogP contribution in [0, 0.1) is 5.41 Å². The van der Waals surface area contributed by atoms with E-state index in [-0.39, 0.29) is 63.6 Å². The van der Waals surface area contributed by atoms with Gasteiger partial charge in [-0.15, -0.1) is 0 Å². The fourth-order valence-corrected chi connectivity index (χ4v) is 5.90. The summed E-state index contributed by atoms with van der Waals surface area (Å²) in [4.78, 5) is 72.1. The molecule has 13 nitrogen and oxygen atoms in total. The fourth-order valence-electron chi connectivity index (χ4n) is 5.90. The first-order valence-corrected chi connectivity index (χ1v) is 20.1. The molecule has 1 aromatic carbocycles. The number of Topliss-reactive ketones (excluding diaryl/α,β-unsaturated/α-hetero) is 1. The van der Waals surface area contributed by atoms with Gasteiger partial charge in [0, 0.05) is 32.1 Å². The van der Waals surface area contributed by atoms with Crippen molar-refractivity contribution in [2.75, 3.05) is 59.0 Å². The maximum Gasteiger partial charge on any atom is 0.320 e. The molecule has 0 aliphatic heterocycles. The van der Waals surface area contributed by atoms with E-state index in [9.17, 15) is 24.0 Å². The van der Waals surface area contributed by atoms with Gasteiger partial charge in [-0.2, -0.15) is 0 Å². The topological polar surface area (TPSA) is 141 Å².